The van der Waals surface area contributed by atoms with Gasteiger partial charge in [0.25, 0.3) is 5.91 Å². The number of carbonyl (C=O) groups is 2. The molecule has 2 amide bonds. The molecule has 0 bridgehead atoms. The summed E-state index contributed by atoms with van der Waals surface area (Å²) in [5, 5.41) is 2.71. The largest absolute Gasteiger partial charge is 0.356 e. The summed E-state index contributed by atoms with van der Waals surface area (Å²) < 4.78 is 0. The Morgan fingerprint density at radius 1 is 1.22 bits per heavy atom. The van der Waals surface area contributed by atoms with Gasteiger partial charge in [-0.15, -0.1) is 0 Å². The molecular formula is C14H20N2O2. The highest BCUT2D eigenvalue weighted by molar-refractivity contribution is 5.94. The Morgan fingerprint density at radius 2 is 1.83 bits per heavy atom. The molecule has 4 heteroatoms. The Kier molecular flexibility index (Phi) is 5.36. The number of hydrogen-bond acceptors (Lipinski definition) is 2. The maximum atomic E-state index is 12.0. The van der Waals surface area contributed by atoms with Gasteiger partial charge in [-0.2, -0.15) is 0 Å². The number of carbonyl (C=O) groups excluding carboxylic acids is 2. The summed E-state index contributed by atoms with van der Waals surface area (Å²) >= 11 is 0. The van der Waals surface area contributed by atoms with Gasteiger partial charge in [-0.25, -0.2) is 0 Å². The minimum absolute atomic E-state index is 0.0119. The molecule has 0 atom stereocenters. The van der Waals surface area contributed by atoms with Crippen molar-refractivity contribution >= 4 is 11.8 Å². The topological polar surface area (TPSA) is 49.4 Å². The first-order chi connectivity index (χ1) is 8.50. The van der Waals surface area contributed by atoms with Crippen molar-refractivity contribution < 1.29 is 9.59 Å². The molecule has 0 heterocycles. The zero-order chi connectivity index (χ0) is 13.5. The van der Waals surface area contributed by atoms with Crippen LogP contribution < -0.4 is 5.32 Å². The second kappa shape index (κ2) is 6.79. The molecule has 1 N–H and O–H groups in total. The van der Waals surface area contributed by atoms with Crippen molar-refractivity contribution in [1.29, 1.82) is 0 Å². The third-order valence-corrected chi connectivity index (χ3v) is 2.69. The number of nitrogens with one attached hydrogen (secondary N) is 1. The van der Waals surface area contributed by atoms with Gasteiger partial charge in [-0.3, -0.25) is 9.59 Å². The molecule has 0 aromatic heterocycles. The van der Waals surface area contributed by atoms with Gasteiger partial charge in [0.15, 0.2) is 0 Å². The van der Waals surface area contributed by atoms with Crippen LogP contribution in [0.4, 0.5) is 0 Å². The van der Waals surface area contributed by atoms with E-state index in [1.165, 1.54) is 6.92 Å². The van der Waals surface area contributed by atoms with Gasteiger partial charge in [0.05, 0.1) is 0 Å². The number of hydrogen-bond donors (Lipinski definition) is 1. The van der Waals surface area contributed by atoms with Crippen LogP contribution in [-0.2, 0) is 4.79 Å². The van der Waals surface area contributed by atoms with Crippen molar-refractivity contribution in [2.24, 2.45) is 0 Å². The van der Waals surface area contributed by atoms with Crippen molar-refractivity contribution in [2.75, 3.05) is 20.1 Å². The van der Waals surface area contributed by atoms with Crippen molar-refractivity contribution in [2.45, 2.75) is 20.3 Å². The molecule has 0 fully saturated rings. The normalized spacial score (nSPS) is 9.94. The average Bonchev–Trinajstić information content (AvgIpc) is 2.34. The highest BCUT2D eigenvalue weighted by Gasteiger charge is 2.10. The van der Waals surface area contributed by atoms with Crippen LogP contribution in [0.3, 0.4) is 0 Å². The maximum absolute atomic E-state index is 12.0. The fraction of sp³-hybridized carbons (Fsp3) is 0.429. The molecule has 0 aliphatic carbocycles. The first kappa shape index (κ1) is 14.2. The summed E-state index contributed by atoms with van der Waals surface area (Å²) in [5.74, 6) is -0.0275. The fourth-order valence-corrected chi connectivity index (χ4v) is 1.60. The van der Waals surface area contributed by atoms with E-state index in [4.69, 9.17) is 0 Å². The van der Waals surface area contributed by atoms with E-state index in [1.54, 1.807) is 11.9 Å². The Balaban J connectivity index is 2.41. The van der Waals surface area contributed by atoms with Crippen LogP contribution >= 0.6 is 0 Å². The van der Waals surface area contributed by atoms with E-state index in [2.05, 4.69) is 5.32 Å². The van der Waals surface area contributed by atoms with Gasteiger partial charge in [0.1, 0.15) is 0 Å². The minimum Gasteiger partial charge on any atom is -0.356 e. The Morgan fingerprint density at radius 3 is 2.39 bits per heavy atom. The first-order valence-corrected chi connectivity index (χ1v) is 6.07. The zero-order valence-electron chi connectivity index (χ0n) is 11.2. The highest BCUT2D eigenvalue weighted by atomic mass is 16.2. The van der Waals surface area contributed by atoms with Gasteiger partial charge in [0, 0.05) is 32.6 Å². The number of amides is 2. The van der Waals surface area contributed by atoms with Crippen molar-refractivity contribution in [1.82, 2.24) is 10.2 Å². The summed E-state index contributed by atoms with van der Waals surface area (Å²) in [6.45, 7) is 4.71. The molecule has 0 saturated carbocycles. The van der Waals surface area contributed by atoms with Crippen LogP contribution in [0.1, 0.15) is 29.3 Å². The van der Waals surface area contributed by atoms with Crippen molar-refractivity contribution in [3.63, 3.8) is 0 Å². The molecular weight excluding hydrogens is 228 g/mol. The zero-order valence-corrected chi connectivity index (χ0v) is 11.2. The molecule has 1 aromatic rings. The third-order valence-electron chi connectivity index (χ3n) is 2.69. The van der Waals surface area contributed by atoms with Crippen LogP contribution in [0.2, 0.25) is 0 Å². The van der Waals surface area contributed by atoms with Gasteiger partial charge >= 0.3 is 0 Å². The van der Waals surface area contributed by atoms with Crippen molar-refractivity contribution in [3.05, 3.63) is 35.4 Å². The molecule has 4 nitrogen and oxygen atoms in total. The Bertz CT molecular complexity index is 412. The lowest BCUT2D eigenvalue weighted by Gasteiger charge is -2.17. The first-order valence-electron chi connectivity index (χ1n) is 6.07. The van der Waals surface area contributed by atoms with E-state index in [1.807, 2.05) is 31.2 Å². The Hall–Kier alpha value is -1.84. The minimum atomic E-state index is -0.0393. The van der Waals surface area contributed by atoms with E-state index < -0.39 is 0 Å². The molecule has 1 rings (SSSR count). The van der Waals surface area contributed by atoms with E-state index in [-0.39, 0.29) is 11.8 Å². The molecule has 18 heavy (non-hydrogen) atoms. The van der Waals surface area contributed by atoms with Gasteiger partial charge in [-0.1, -0.05) is 17.7 Å². The summed E-state index contributed by atoms with van der Waals surface area (Å²) in [7, 11) is 1.77. The lowest BCUT2D eigenvalue weighted by atomic mass is 10.1. The lowest BCUT2D eigenvalue weighted by Crippen LogP contribution is -2.30. The van der Waals surface area contributed by atoms with E-state index in [0.29, 0.717) is 18.7 Å². The third kappa shape index (κ3) is 4.57. The molecule has 0 radical (unpaired) electrons. The molecule has 98 valence electrons. The van der Waals surface area contributed by atoms with Crippen molar-refractivity contribution in [3.8, 4) is 0 Å². The predicted octanol–water partition coefficient (Wildman–Crippen LogP) is 1.59. The van der Waals surface area contributed by atoms with Crippen LogP contribution in [-0.4, -0.2) is 36.9 Å². The SMILES string of the molecule is CC(=O)NCCCN(C)C(=O)c1ccc(C)cc1. The molecule has 0 spiro atoms. The number of benzene rings is 1. The van der Waals surface area contributed by atoms with Gasteiger partial charge < -0.3 is 10.2 Å². The molecule has 0 unspecified atom stereocenters. The lowest BCUT2D eigenvalue weighted by molar-refractivity contribution is -0.118. The maximum Gasteiger partial charge on any atom is 0.253 e. The van der Waals surface area contributed by atoms with Crippen LogP contribution in [0.25, 0.3) is 0 Å². The predicted molar refractivity (Wildman–Crippen MR) is 71.4 cm³/mol. The second-order valence-electron chi connectivity index (χ2n) is 4.43. The van der Waals surface area contributed by atoms with Crippen LogP contribution in [0, 0.1) is 6.92 Å². The number of nitrogens with zero attached hydrogens (tertiary/aromatic N) is 1. The van der Waals surface area contributed by atoms with Gasteiger partial charge in [0.2, 0.25) is 5.91 Å². The average molecular weight is 248 g/mol. The van der Waals surface area contributed by atoms with E-state index >= 15 is 0 Å². The van der Waals surface area contributed by atoms with Crippen LogP contribution in [0.5, 0.6) is 0 Å². The van der Waals surface area contributed by atoms with E-state index in [0.717, 1.165) is 12.0 Å². The smallest absolute Gasteiger partial charge is 0.253 e. The second-order valence-corrected chi connectivity index (χ2v) is 4.43. The number of rotatable bonds is 5. The summed E-state index contributed by atoms with van der Waals surface area (Å²) in [4.78, 5) is 24.4. The fourth-order valence-electron chi connectivity index (χ4n) is 1.60. The summed E-state index contributed by atoms with van der Waals surface area (Å²) in [5.41, 5.74) is 1.84. The van der Waals surface area contributed by atoms with Crippen LogP contribution in [0.15, 0.2) is 24.3 Å². The Labute approximate surface area is 108 Å². The summed E-state index contributed by atoms with van der Waals surface area (Å²) in [6, 6.07) is 7.53. The number of aryl methyl sites for hydroxylation is 1. The van der Waals surface area contributed by atoms with Gasteiger partial charge in [-0.05, 0) is 25.5 Å². The summed E-state index contributed by atoms with van der Waals surface area (Å²) in [6.07, 6.45) is 0.758. The quantitative estimate of drug-likeness (QED) is 0.804. The van der Waals surface area contributed by atoms with E-state index in [9.17, 15) is 9.59 Å². The monoisotopic (exact) mass is 248 g/mol. The molecule has 1 aromatic carbocycles. The standard InChI is InChI=1S/C14H20N2O2/c1-11-5-7-13(8-6-11)14(18)16(3)10-4-9-15-12(2)17/h5-8H,4,9-10H2,1-3H3,(H,15,17). The highest BCUT2D eigenvalue weighted by Crippen LogP contribution is 2.06. The molecule has 0 aliphatic heterocycles. The molecule has 0 aliphatic rings. The molecule has 0 saturated heterocycles.